The van der Waals surface area contributed by atoms with Crippen molar-refractivity contribution in [3.63, 3.8) is 0 Å². The van der Waals surface area contributed by atoms with Crippen LogP contribution in [0.25, 0.3) is 0 Å². The number of carbonyl (C=O) groups is 1. The summed E-state index contributed by atoms with van der Waals surface area (Å²) < 4.78 is 4.56. The van der Waals surface area contributed by atoms with Gasteiger partial charge < -0.3 is 10.5 Å². The van der Waals surface area contributed by atoms with Crippen molar-refractivity contribution in [2.75, 3.05) is 13.7 Å². The van der Waals surface area contributed by atoms with E-state index in [1.54, 1.807) is 0 Å². The number of allylic oxidation sites excluding steroid dienone is 1. The molecule has 0 atom stereocenters. The molecule has 0 aromatic rings. The van der Waals surface area contributed by atoms with Gasteiger partial charge >= 0.3 is 5.97 Å². The quantitative estimate of drug-likeness (QED) is 0.363. The number of nitrogens with two attached hydrogens (primary N) is 1. The van der Waals surface area contributed by atoms with Crippen molar-refractivity contribution in [2.24, 2.45) is 5.73 Å². The predicted octanol–water partition coefficient (Wildman–Crippen LogP) is 2.41. The summed E-state index contributed by atoms with van der Waals surface area (Å²) in [4.78, 5) is 10.8. The topological polar surface area (TPSA) is 52.3 Å². The minimum Gasteiger partial charge on any atom is -0.469 e. The van der Waals surface area contributed by atoms with E-state index in [0.717, 1.165) is 19.3 Å². The van der Waals surface area contributed by atoms with Crippen molar-refractivity contribution in [1.29, 1.82) is 0 Å². The largest absolute Gasteiger partial charge is 0.469 e. The van der Waals surface area contributed by atoms with E-state index in [-0.39, 0.29) is 5.97 Å². The Labute approximate surface area is 92.7 Å². The molecule has 88 valence electrons. The minimum atomic E-state index is -0.0964. The minimum absolute atomic E-state index is 0.0964. The molecule has 0 saturated heterocycles. The second-order valence-electron chi connectivity index (χ2n) is 3.59. The maximum Gasteiger partial charge on any atom is 0.305 e. The Kier molecular flexibility index (Phi) is 10.6. The normalized spacial score (nSPS) is 10.8. The fourth-order valence-corrected chi connectivity index (χ4v) is 1.38. The highest BCUT2D eigenvalue weighted by Gasteiger charge is 1.98. The molecule has 0 fully saturated rings. The Balaban J connectivity index is 3.05. The van der Waals surface area contributed by atoms with E-state index in [2.05, 4.69) is 10.8 Å². The van der Waals surface area contributed by atoms with Gasteiger partial charge in [0.05, 0.1) is 7.11 Å². The summed E-state index contributed by atoms with van der Waals surface area (Å²) in [5.74, 6) is -0.0964. The molecule has 0 amide bonds. The molecule has 0 heterocycles. The number of carbonyl (C=O) groups excluding carboxylic acids is 1. The van der Waals surface area contributed by atoms with Gasteiger partial charge in [-0.05, 0) is 19.3 Å². The zero-order chi connectivity index (χ0) is 11.4. The van der Waals surface area contributed by atoms with Crippen LogP contribution in [0.4, 0.5) is 0 Å². The highest BCUT2D eigenvalue weighted by atomic mass is 16.5. The summed E-state index contributed by atoms with van der Waals surface area (Å²) in [6.45, 7) is 0.638. The van der Waals surface area contributed by atoms with E-state index < -0.39 is 0 Å². The summed E-state index contributed by atoms with van der Waals surface area (Å²) in [5, 5.41) is 0. The molecule has 0 aromatic heterocycles. The Hall–Kier alpha value is -0.830. The number of hydrogen-bond donors (Lipinski definition) is 1. The van der Waals surface area contributed by atoms with E-state index in [4.69, 9.17) is 5.73 Å². The molecule has 2 N–H and O–H groups in total. The molecule has 0 radical (unpaired) electrons. The van der Waals surface area contributed by atoms with Crippen LogP contribution in [0, 0.1) is 0 Å². The fraction of sp³-hybridized carbons (Fsp3) is 0.750. The molecule has 0 bridgehead atoms. The monoisotopic (exact) mass is 213 g/mol. The Morgan fingerprint density at radius 2 is 1.80 bits per heavy atom. The lowest BCUT2D eigenvalue weighted by atomic mass is 10.1. The highest BCUT2D eigenvalue weighted by molar-refractivity contribution is 5.68. The molecular weight excluding hydrogens is 190 g/mol. The van der Waals surface area contributed by atoms with Gasteiger partial charge in [0.15, 0.2) is 0 Å². The highest BCUT2D eigenvalue weighted by Crippen LogP contribution is 2.07. The zero-order valence-electron chi connectivity index (χ0n) is 9.71. The first-order chi connectivity index (χ1) is 7.31. The van der Waals surface area contributed by atoms with E-state index in [1.165, 1.54) is 26.4 Å². The maximum absolute atomic E-state index is 10.8. The van der Waals surface area contributed by atoms with Crippen molar-refractivity contribution in [1.82, 2.24) is 0 Å². The summed E-state index contributed by atoms with van der Waals surface area (Å²) in [7, 11) is 1.44. The molecule has 0 aromatic carbocycles. The number of unbranched alkanes of at least 4 members (excludes halogenated alkanes) is 5. The Morgan fingerprint density at radius 1 is 1.13 bits per heavy atom. The van der Waals surface area contributed by atoms with Gasteiger partial charge in [-0.3, -0.25) is 4.79 Å². The number of rotatable bonds is 9. The van der Waals surface area contributed by atoms with Crippen LogP contribution in [0.3, 0.4) is 0 Å². The number of hydrogen-bond acceptors (Lipinski definition) is 3. The summed E-state index contributed by atoms with van der Waals surface area (Å²) in [6, 6.07) is 0. The van der Waals surface area contributed by atoms with Gasteiger partial charge in [-0.2, -0.15) is 0 Å². The zero-order valence-corrected chi connectivity index (χ0v) is 9.71. The first-order valence-corrected chi connectivity index (χ1v) is 5.73. The SMILES string of the molecule is COC(=O)CCCCCCCC=CCN. The van der Waals surface area contributed by atoms with Gasteiger partial charge in [-0.1, -0.05) is 31.4 Å². The molecule has 3 nitrogen and oxygen atoms in total. The lowest BCUT2D eigenvalue weighted by Crippen LogP contribution is -1.99. The summed E-state index contributed by atoms with van der Waals surface area (Å²) in [5.41, 5.74) is 5.32. The molecular formula is C12H23NO2. The predicted molar refractivity (Wildman–Crippen MR) is 62.5 cm³/mol. The van der Waals surface area contributed by atoms with Crippen LogP contribution < -0.4 is 5.73 Å². The average molecular weight is 213 g/mol. The molecule has 0 aliphatic heterocycles. The first-order valence-electron chi connectivity index (χ1n) is 5.73. The molecule has 0 aliphatic rings. The van der Waals surface area contributed by atoms with Crippen LogP contribution in [0.15, 0.2) is 12.2 Å². The van der Waals surface area contributed by atoms with Crippen LogP contribution in [-0.2, 0) is 9.53 Å². The molecule has 3 heteroatoms. The van der Waals surface area contributed by atoms with Gasteiger partial charge in [0.2, 0.25) is 0 Å². The molecule has 0 aliphatic carbocycles. The van der Waals surface area contributed by atoms with Crippen LogP contribution in [0.5, 0.6) is 0 Å². The van der Waals surface area contributed by atoms with Gasteiger partial charge in [0, 0.05) is 13.0 Å². The standard InChI is InChI=1S/C12H23NO2/c1-15-12(14)10-8-6-4-2-3-5-7-9-11-13/h7,9H,2-6,8,10-11,13H2,1H3. The second-order valence-corrected chi connectivity index (χ2v) is 3.59. The van der Waals surface area contributed by atoms with Crippen molar-refractivity contribution in [2.45, 2.75) is 44.9 Å². The first kappa shape index (κ1) is 14.2. The second kappa shape index (κ2) is 11.2. The van der Waals surface area contributed by atoms with Crippen LogP contribution >= 0.6 is 0 Å². The molecule has 0 rings (SSSR count). The van der Waals surface area contributed by atoms with E-state index in [1.807, 2.05) is 6.08 Å². The Bertz CT molecular complexity index is 178. The third-order valence-electron chi connectivity index (χ3n) is 2.28. The van der Waals surface area contributed by atoms with E-state index in [0.29, 0.717) is 13.0 Å². The van der Waals surface area contributed by atoms with Crippen molar-refractivity contribution >= 4 is 5.97 Å². The summed E-state index contributed by atoms with van der Waals surface area (Å²) >= 11 is 0. The average Bonchev–Trinajstić information content (AvgIpc) is 2.26. The smallest absolute Gasteiger partial charge is 0.305 e. The van der Waals surface area contributed by atoms with Crippen molar-refractivity contribution in [3.05, 3.63) is 12.2 Å². The number of ether oxygens (including phenoxy) is 1. The van der Waals surface area contributed by atoms with Gasteiger partial charge in [-0.25, -0.2) is 0 Å². The lowest BCUT2D eigenvalue weighted by Gasteiger charge is -1.99. The Morgan fingerprint density at radius 3 is 2.47 bits per heavy atom. The molecule has 0 unspecified atom stereocenters. The molecule has 0 spiro atoms. The van der Waals surface area contributed by atoms with Crippen LogP contribution in [0.1, 0.15) is 44.9 Å². The van der Waals surface area contributed by atoms with Crippen molar-refractivity contribution in [3.8, 4) is 0 Å². The lowest BCUT2D eigenvalue weighted by molar-refractivity contribution is -0.140. The third-order valence-corrected chi connectivity index (χ3v) is 2.28. The maximum atomic E-state index is 10.8. The van der Waals surface area contributed by atoms with E-state index in [9.17, 15) is 4.79 Å². The van der Waals surface area contributed by atoms with Crippen LogP contribution in [-0.4, -0.2) is 19.6 Å². The van der Waals surface area contributed by atoms with Crippen molar-refractivity contribution < 1.29 is 9.53 Å². The van der Waals surface area contributed by atoms with Crippen LogP contribution in [0.2, 0.25) is 0 Å². The third kappa shape index (κ3) is 11.1. The summed E-state index contributed by atoms with van der Waals surface area (Å²) in [6.07, 6.45) is 11.5. The fourth-order valence-electron chi connectivity index (χ4n) is 1.38. The number of esters is 1. The van der Waals surface area contributed by atoms with Gasteiger partial charge in [0.25, 0.3) is 0 Å². The van der Waals surface area contributed by atoms with E-state index >= 15 is 0 Å². The van der Waals surface area contributed by atoms with Gasteiger partial charge in [0.1, 0.15) is 0 Å². The number of methoxy groups -OCH3 is 1. The van der Waals surface area contributed by atoms with Gasteiger partial charge in [-0.15, -0.1) is 0 Å². The molecule has 15 heavy (non-hydrogen) atoms. The molecule has 0 saturated carbocycles.